The molecule has 0 spiro atoms. The molecule has 0 atom stereocenters. The lowest BCUT2D eigenvalue weighted by Crippen LogP contribution is -1.98. The number of fused-ring (bicyclic) bond motifs is 1. The van der Waals surface area contributed by atoms with Crippen LogP contribution in [-0.4, -0.2) is 15.6 Å². The monoisotopic (exact) mass is 265 g/mol. The van der Waals surface area contributed by atoms with Crippen molar-refractivity contribution in [1.29, 1.82) is 0 Å². The first-order chi connectivity index (χ1) is 8.47. The molecule has 1 aromatic heterocycles. The van der Waals surface area contributed by atoms with Gasteiger partial charge in [-0.1, -0.05) is 31.5 Å². The number of halogens is 1. The molecule has 0 saturated carbocycles. The Bertz CT molecular complexity index is 614. The van der Waals surface area contributed by atoms with Crippen LogP contribution in [0.1, 0.15) is 42.6 Å². The van der Waals surface area contributed by atoms with Crippen LogP contribution in [0.4, 0.5) is 0 Å². The highest BCUT2D eigenvalue weighted by atomic mass is 35.5. The first-order valence-corrected chi connectivity index (χ1v) is 6.40. The van der Waals surface area contributed by atoms with Gasteiger partial charge in [0.15, 0.2) is 0 Å². The number of hydrogen-bond acceptors (Lipinski definition) is 1. The quantitative estimate of drug-likeness (QED) is 0.906. The molecule has 0 unspecified atom stereocenters. The van der Waals surface area contributed by atoms with Crippen LogP contribution in [-0.2, 0) is 6.54 Å². The van der Waals surface area contributed by atoms with E-state index < -0.39 is 5.97 Å². The van der Waals surface area contributed by atoms with E-state index in [9.17, 15) is 9.90 Å². The number of carbonyl (C=O) groups is 1. The van der Waals surface area contributed by atoms with E-state index in [0.717, 1.165) is 16.5 Å². The highest BCUT2D eigenvalue weighted by Gasteiger charge is 2.20. The van der Waals surface area contributed by atoms with Crippen LogP contribution >= 0.6 is 11.6 Å². The smallest absolute Gasteiger partial charge is 0.339 e. The number of aromatic carboxylic acids is 1. The first kappa shape index (κ1) is 13.0. The average Bonchev–Trinajstić information content (AvgIpc) is 2.59. The molecule has 0 radical (unpaired) electrons. The van der Waals surface area contributed by atoms with Gasteiger partial charge in [-0.25, -0.2) is 4.79 Å². The van der Waals surface area contributed by atoms with Crippen molar-refractivity contribution < 1.29 is 9.90 Å². The summed E-state index contributed by atoms with van der Waals surface area (Å²) in [5.74, 6) is -0.613. The molecule has 2 aromatic rings. The van der Waals surface area contributed by atoms with Crippen molar-refractivity contribution in [2.75, 3.05) is 0 Å². The molecule has 0 bridgehead atoms. The molecule has 1 heterocycles. The number of carboxylic acids is 1. The molecule has 18 heavy (non-hydrogen) atoms. The minimum Gasteiger partial charge on any atom is -0.478 e. The second-order valence-corrected chi connectivity index (χ2v) is 5.00. The van der Waals surface area contributed by atoms with Crippen LogP contribution < -0.4 is 0 Å². The summed E-state index contributed by atoms with van der Waals surface area (Å²) in [5.41, 5.74) is 2.20. The third kappa shape index (κ3) is 1.89. The van der Waals surface area contributed by atoms with Crippen molar-refractivity contribution in [2.24, 2.45) is 0 Å². The fraction of sp³-hybridized carbons (Fsp3) is 0.357. The van der Waals surface area contributed by atoms with Gasteiger partial charge in [0.1, 0.15) is 10.7 Å². The summed E-state index contributed by atoms with van der Waals surface area (Å²) < 4.78 is 1.82. The maximum atomic E-state index is 11.3. The Labute approximate surface area is 111 Å². The third-order valence-corrected chi connectivity index (χ3v) is 3.61. The van der Waals surface area contributed by atoms with Crippen molar-refractivity contribution in [2.45, 2.75) is 33.2 Å². The molecule has 1 N–H and O–H groups in total. The summed E-state index contributed by atoms with van der Waals surface area (Å²) in [6.45, 7) is 6.77. The molecule has 3 nitrogen and oxygen atoms in total. The number of aromatic nitrogens is 1. The zero-order valence-corrected chi connectivity index (χ0v) is 11.5. The maximum Gasteiger partial charge on any atom is 0.339 e. The molecular weight excluding hydrogens is 250 g/mol. The van der Waals surface area contributed by atoms with Gasteiger partial charge in [0.25, 0.3) is 0 Å². The first-order valence-electron chi connectivity index (χ1n) is 6.02. The van der Waals surface area contributed by atoms with Crippen LogP contribution in [0.25, 0.3) is 10.9 Å². The second kappa shape index (κ2) is 4.65. The molecule has 2 rings (SSSR count). The number of benzene rings is 1. The maximum absolute atomic E-state index is 11.3. The molecule has 0 aliphatic heterocycles. The number of hydrogen-bond donors (Lipinski definition) is 1. The Kier molecular flexibility index (Phi) is 3.35. The summed E-state index contributed by atoms with van der Waals surface area (Å²) in [4.78, 5) is 11.3. The summed E-state index contributed by atoms with van der Waals surface area (Å²) >= 11 is 6.16. The second-order valence-electron chi connectivity index (χ2n) is 4.65. The number of aryl methyl sites for hydroxylation is 1. The predicted molar refractivity (Wildman–Crippen MR) is 73.7 cm³/mol. The fourth-order valence-corrected chi connectivity index (χ4v) is 2.61. The highest BCUT2D eigenvalue weighted by molar-refractivity contribution is 6.35. The van der Waals surface area contributed by atoms with Crippen molar-refractivity contribution in [3.05, 3.63) is 34.5 Å². The van der Waals surface area contributed by atoms with Gasteiger partial charge < -0.3 is 9.67 Å². The van der Waals surface area contributed by atoms with Gasteiger partial charge in [-0.3, -0.25) is 0 Å². The third-order valence-electron chi connectivity index (χ3n) is 3.22. The molecule has 0 fully saturated rings. The van der Waals surface area contributed by atoms with E-state index in [1.54, 1.807) is 0 Å². The Morgan fingerprint density at radius 3 is 2.61 bits per heavy atom. The summed E-state index contributed by atoms with van der Waals surface area (Å²) in [7, 11) is 0. The zero-order chi connectivity index (χ0) is 13.4. The average molecular weight is 266 g/mol. The Hall–Kier alpha value is -1.48. The predicted octanol–water partition coefficient (Wildman–Crippen LogP) is 4.14. The topological polar surface area (TPSA) is 42.2 Å². The summed E-state index contributed by atoms with van der Waals surface area (Å²) in [5, 5.41) is 10.3. The molecular formula is C14H16ClNO2. The van der Waals surface area contributed by atoms with Crippen molar-refractivity contribution in [3.8, 4) is 0 Å². The molecule has 4 heteroatoms. The minimum absolute atomic E-state index is 0.205. The Morgan fingerprint density at radius 2 is 2.11 bits per heavy atom. The van der Waals surface area contributed by atoms with E-state index in [1.807, 2.05) is 29.7 Å². The molecule has 0 aliphatic rings. The molecule has 96 valence electrons. The number of carboxylic acid groups (broad SMARTS) is 1. The van der Waals surface area contributed by atoms with Crippen molar-refractivity contribution >= 4 is 28.5 Å². The van der Waals surface area contributed by atoms with E-state index in [1.165, 1.54) is 0 Å². The lowest BCUT2D eigenvalue weighted by Gasteiger charge is -2.06. The lowest BCUT2D eigenvalue weighted by molar-refractivity contribution is 0.0699. The standard InChI is InChI=1S/C14H16ClNO2/c1-4-16-11-6-5-9(8(2)3)7-10(11)12(13(16)15)14(17)18/h5-8H,4H2,1-3H3,(H,17,18). The number of rotatable bonds is 3. The van der Waals surface area contributed by atoms with Crippen LogP contribution in [0.5, 0.6) is 0 Å². The summed E-state index contributed by atoms with van der Waals surface area (Å²) in [6.07, 6.45) is 0. The fourth-order valence-electron chi connectivity index (χ4n) is 2.21. The lowest BCUT2D eigenvalue weighted by atomic mass is 10.0. The van der Waals surface area contributed by atoms with Crippen molar-refractivity contribution in [3.63, 3.8) is 0 Å². The van der Waals surface area contributed by atoms with E-state index in [2.05, 4.69) is 13.8 Å². The van der Waals surface area contributed by atoms with E-state index in [-0.39, 0.29) is 5.56 Å². The molecule has 0 amide bonds. The highest BCUT2D eigenvalue weighted by Crippen LogP contribution is 2.32. The molecule has 0 saturated heterocycles. The Balaban J connectivity index is 2.83. The van der Waals surface area contributed by atoms with E-state index in [0.29, 0.717) is 17.6 Å². The van der Waals surface area contributed by atoms with E-state index in [4.69, 9.17) is 11.6 Å². The van der Waals surface area contributed by atoms with Gasteiger partial charge in [-0.05, 0) is 30.5 Å². The van der Waals surface area contributed by atoms with Crippen LogP contribution in [0, 0.1) is 0 Å². The SMILES string of the molecule is CCn1c(Cl)c(C(=O)O)c2cc(C(C)C)ccc21. The van der Waals surface area contributed by atoms with Crippen LogP contribution in [0.3, 0.4) is 0 Å². The van der Waals surface area contributed by atoms with Gasteiger partial charge in [0, 0.05) is 11.9 Å². The van der Waals surface area contributed by atoms with Crippen LogP contribution in [0.2, 0.25) is 5.15 Å². The van der Waals surface area contributed by atoms with Gasteiger partial charge in [-0.15, -0.1) is 0 Å². The summed E-state index contributed by atoms with van der Waals surface area (Å²) in [6, 6.07) is 5.91. The normalized spacial score (nSPS) is 11.4. The zero-order valence-electron chi connectivity index (χ0n) is 10.7. The largest absolute Gasteiger partial charge is 0.478 e. The minimum atomic E-state index is -0.974. The van der Waals surface area contributed by atoms with Gasteiger partial charge in [0.05, 0.1) is 5.52 Å². The van der Waals surface area contributed by atoms with Crippen LogP contribution in [0.15, 0.2) is 18.2 Å². The van der Waals surface area contributed by atoms with Gasteiger partial charge >= 0.3 is 5.97 Å². The molecule has 0 aliphatic carbocycles. The van der Waals surface area contributed by atoms with Crippen molar-refractivity contribution in [1.82, 2.24) is 4.57 Å². The number of nitrogens with zero attached hydrogens (tertiary/aromatic N) is 1. The Morgan fingerprint density at radius 1 is 1.44 bits per heavy atom. The van der Waals surface area contributed by atoms with E-state index >= 15 is 0 Å². The molecule has 1 aromatic carbocycles. The van der Waals surface area contributed by atoms with Gasteiger partial charge in [0.2, 0.25) is 0 Å². The van der Waals surface area contributed by atoms with Gasteiger partial charge in [-0.2, -0.15) is 0 Å².